The summed E-state index contributed by atoms with van der Waals surface area (Å²) in [6.07, 6.45) is 1.02. The zero-order chi connectivity index (χ0) is 10.7. The average Bonchev–Trinajstić information content (AvgIpc) is 2.10. The van der Waals surface area contributed by atoms with Crippen molar-refractivity contribution in [3.8, 4) is 0 Å². The molecule has 0 saturated carbocycles. The van der Waals surface area contributed by atoms with Crippen LogP contribution in [0.3, 0.4) is 0 Å². The first-order valence-electron chi connectivity index (χ1n) is 4.86. The van der Waals surface area contributed by atoms with Gasteiger partial charge in [0.2, 0.25) is 0 Å². The van der Waals surface area contributed by atoms with E-state index in [0.29, 0.717) is 0 Å². The summed E-state index contributed by atoms with van der Waals surface area (Å²) >= 11 is 0. The molecule has 0 unspecified atom stereocenters. The second kappa shape index (κ2) is 4.18. The van der Waals surface area contributed by atoms with Crippen LogP contribution in [0, 0.1) is 6.92 Å². The largest absolute Gasteiger partial charge is 0.397 e. The van der Waals surface area contributed by atoms with E-state index in [4.69, 9.17) is 5.73 Å². The van der Waals surface area contributed by atoms with E-state index in [1.54, 1.807) is 0 Å². The summed E-state index contributed by atoms with van der Waals surface area (Å²) < 4.78 is 0. The highest BCUT2D eigenvalue weighted by atomic mass is 14.9. The van der Waals surface area contributed by atoms with E-state index in [0.717, 1.165) is 23.5 Å². The Labute approximate surface area is 85.8 Å². The monoisotopic (exact) mass is 190 g/mol. The van der Waals surface area contributed by atoms with E-state index in [2.05, 4.69) is 31.8 Å². The zero-order valence-corrected chi connectivity index (χ0v) is 9.15. The lowest BCUT2D eigenvalue weighted by molar-refractivity contribution is 1.11. The van der Waals surface area contributed by atoms with Crippen LogP contribution in [0.25, 0.3) is 0 Å². The Morgan fingerprint density at radius 2 is 2.14 bits per heavy atom. The van der Waals surface area contributed by atoms with Gasteiger partial charge >= 0.3 is 0 Å². The van der Waals surface area contributed by atoms with Gasteiger partial charge in [0.05, 0.1) is 11.4 Å². The van der Waals surface area contributed by atoms with Gasteiger partial charge in [-0.15, -0.1) is 0 Å². The molecule has 2 heteroatoms. The lowest BCUT2D eigenvalue weighted by atomic mass is 10.0. The number of nitrogens with two attached hydrogens (primary N) is 1. The van der Waals surface area contributed by atoms with Gasteiger partial charge in [-0.25, -0.2) is 0 Å². The number of nitrogens with one attached hydrogen (secondary N) is 1. The molecule has 0 radical (unpaired) electrons. The SMILES string of the molecule is C=C(C)Nc1cc(C)c(CC)cc1N. The Morgan fingerprint density at radius 3 is 2.64 bits per heavy atom. The minimum Gasteiger partial charge on any atom is -0.397 e. The summed E-state index contributed by atoms with van der Waals surface area (Å²) in [7, 11) is 0. The van der Waals surface area contributed by atoms with Gasteiger partial charge in [-0.05, 0) is 43.5 Å². The lowest BCUT2D eigenvalue weighted by Gasteiger charge is -2.12. The van der Waals surface area contributed by atoms with Crippen LogP contribution in [-0.4, -0.2) is 0 Å². The molecule has 1 rings (SSSR count). The fourth-order valence-corrected chi connectivity index (χ4v) is 1.49. The summed E-state index contributed by atoms with van der Waals surface area (Å²) in [5, 5.41) is 3.15. The maximum atomic E-state index is 5.91. The molecule has 1 aromatic rings. The highest BCUT2D eigenvalue weighted by Crippen LogP contribution is 2.24. The molecule has 0 heterocycles. The minimum atomic E-state index is 0.787. The third-order valence-electron chi connectivity index (χ3n) is 2.24. The number of anilines is 2. The molecule has 0 aliphatic carbocycles. The molecule has 0 bridgehead atoms. The molecule has 0 aliphatic rings. The third-order valence-corrected chi connectivity index (χ3v) is 2.24. The molecule has 0 fully saturated rings. The topological polar surface area (TPSA) is 38.0 Å². The van der Waals surface area contributed by atoms with E-state index in [9.17, 15) is 0 Å². The molecule has 3 N–H and O–H groups in total. The zero-order valence-electron chi connectivity index (χ0n) is 9.15. The summed E-state index contributed by atoms with van der Waals surface area (Å²) in [6, 6.07) is 4.10. The van der Waals surface area contributed by atoms with Gasteiger partial charge in [-0.1, -0.05) is 13.5 Å². The molecule has 0 aromatic heterocycles. The Kier molecular flexibility index (Phi) is 3.18. The summed E-state index contributed by atoms with van der Waals surface area (Å²) in [6.45, 7) is 9.95. The van der Waals surface area contributed by atoms with Crippen LogP contribution >= 0.6 is 0 Å². The molecular formula is C12H18N2. The second-order valence-electron chi connectivity index (χ2n) is 3.62. The normalized spacial score (nSPS) is 9.93. The maximum absolute atomic E-state index is 5.91. The van der Waals surface area contributed by atoms with Crippen molar-refractivity contribution in [1.29, 1.82) is 0 Å². The minimum absolute atomic E-state index is 0.787. The van der Waals surface area contributed by atoms with Crippen molar-refractivity contribution < 1.29 is 0 Å². The van der Waals surface area contributed by atoms with Crippen LogP contribution in [0.4, 0.5) is 11.4 Å². The van der Waals surface area contributed by atoms with Crippen molar-refractivity contribution in [2.24, 2.45) is 0 Å². The first kappa shape index (κ1) is 10.6. The highest BCUT2D eigenvalue weighted by Gasteiger charge is 2.03. The number of hydrogen-bond donors (Lipinski definition) is 2. The summed E-state index contributed by atoms with van der Waals surface area (Å²) in [4.78, 5) is 0. The first-order chi connectivity index (χ1) is 6.54. The van der Waals surface area contributed by atoms with E-state index < -0.39 is 0 Å². The molecule has 1 aromatic carbocycles. The number of hydrogen-bond acceptors (Lipinski definition) is 2. The Balaban J connectivity index is 3.08. The van der Waals surface area contributed by atoms with Crippen LogP contribution < -0.4 is 11.1 Å². The van der Waals surface area contributed by atoms with Gasteiger partial charge in [-0.3, -0.25) is 0 Å². The van der Waals surface area contributed by atoms with Crippen LogP contribution in [0.1, 0.15) is 25.0 Å². The molecule has 0 aliphatic heterocycles. The fourth-order valence-electron chi connectivity index (χ4n) is 1.49. The van der Waals surface area contributed by atoms with Crippen LogP contribution in [-0.2, 0) is 6.42 Å². The molecule has 0 atom stereocenters. The Hall–Kier alpha value is -1.44. The molecule has 0 saturated heterocycles. The van der Waals surface area contributed by atoms with E-state index in [1.807, 2.05) is 13.0 Å². The standard InChI is InChI=1S/C12H18N2/c1-5-10-7-11(13)12(6-9(10)4)14-8(2)3/h6-7,14H,2,5,13H2,1,3-4H3. The van der Waals surface area contributed by atoms with Crippen LogP contribution in [0.2, 0.25) is 0 Å². The van der Waals surface area contributed by atoms with Crippen LogP contribution in [0.15, 0.2) is 24.4 Å². The van der Waals surface area contributed by atoms with Crippen molar-refractivity contribution in [1.82, 2.24) is 0 Å². The quantitative estimate of drug-likeness (QED) is 0.719. The van der Waals surface area contributed by atoms with E-state index in [1.165, 1.54) is 11.1 Å². The number of rotatable bonds is 3. The number of nitrogen functional groups attached to an aromatic ring is 1. The van der Waals surface area contributed by atoms with Gasteiger partial charge < -0.3 is 11.1 Å². The average molecular weight is 190 g/mol. The predicted octanol–water partition coefficient (Wildman–Crippen LogP) is 3.09. The van der Waals surface area contributed by atoms with E-state index >= 15 is 0 Å². The van der Waals surface area contributed by atoms with Gasteiger partial charge in [0, 0.05) is 5.70 Å². The molecule has 2 nitrogen and oxygen atoms in total. The second-order valence-corrected chi connectivity index (χ2v) is 3.62. The molecule has 14 heavy (non-hydrogen) atoms. The molecule has 76 valence electrons. The predicted molar refractivity (Wildman–Crippen MR) is 63.4 cm³/mol. The number of benzene rings is 1. The third kappa shape index (κ3) is 2.28. The summed E-state index contributed by atoms with van der Waals surface area (Å²) in [5.74, 6) is 0. The number of aryl methyl sites for hydroxylation is 2. The van der Waals surface area contributed by atoms with Gasteiger partial charge in [0.1, 0.15) is 0 Å². The van der Waals surface area contributed by atoms with Crippen molar-refractivity contribution in [2.45, 2.75) is 27.2 Å². The first-order valence-corrected chi connectivity index (χ1v) is 4.86. The lowest BCUT2D eigenvalue weighted by Crippen LogP contribution is -2.01. The van der Waals surface area contributed by atoms with Crippen LogP contribution in [0.5, 0.6) is 0 Å². The van der Waals surface area contributed by atoms with Crippen molar-refractivity contribution >= 4 is 11.4 Å². The smallest absolute Gasteiger partial charge is 0.0618 e. The Morgan fingerprint density at radius 1 is 1.50 bits per heavy atom. The molecule has 0 spiro atoms. The van der Waals surface area contributed by atoms with Crippen molar-refractivity contribution in [3.63, 3.8) is 0 Å². The van der Waals surface area contributed by atoms with Gasteiger partial charge in [0.25, 0.3) is 0 Å². The fraction of sp³-hybridized carbons (Fsp3) is 0.333. The van der Waals surface area contributed by atoms with Crippen molar-refractivity contribution in [3.05, 3.63) is 35.5 Å². The molecule has 0 amide bonds. The van der Waals surface area contributed by atoms with Gasteiger partial charge in [-0.2, -0.15) is 0 Å². The van der Waals surface area contributed by atoms with Crippen molar-refractivity contribution in [2.75, 3.05) is 11.1 Å². The summed E-state index contributed by atoms with van der Waals surface area (Å²) in [5.41, 5.74) is 11.1. The van der Waals surface area contributed by atoms with E-state index in [-0.39, 0.29) is 0 Å². The molecular weight excluding hydrogens is 172 g/mol. The highest BCUT2D eigenvalue weighted by molar-refractivity contribution is 5.70. The van der Waals surface area contributed by atoms with Gasteiger partial charge in [0.15, 0.2) is 0 Å². The number of allylic oxidation sites excluding steroid dienone is 1. The Bertz CT molecular complexity index is 354. The maximum Gasteiger partial charge on any atom is 0.0618 e.